The van der Waals surface area contributed by atoms with E-state index < -0.39 is 12.0 Å². The number of carbonyl (C=O) groups is 2. The lowest BCUT2D eigenvalue weighted by atomic mass is 9.88. The summed E-state index contributed by atoms with van der Waals surface area (Å²) < 4.78 is 4.69. The van der Waals surface area contributed by atoms with Crippen LogP contribution < -0.4 is 5.32 Å². The van der Waals surface area contributed by atoms with Gasteiger partial charge >= 0.3 is 5.97 Å². The van der Waals surface area contributed by atoms with Gasteiger partial charge in [0, 0.05) is 12.3 Å². The molecule has 1 fully saturated rings. The van der Waals surface area contributed by atoms with Gasteiger partial charge in [0.15, 0.2) is 0 Å². The second-order valence-electron chi connectivity index (χ2n) is 4.97. The summed E-state index contributed by atoms with van der Waals surface area (Å²) in [5, 5.41) is 11.3. The maximum atomic E-state index is 12.1. The highest BCUT2D eigenvalue weighted by molar-refractivity contribution is 5.85. The molecule has 1 rings (SSSR count). The van der Waals surface area contributed by atoms with E-state index in [0.717, 1.165) is 25.7 Å². The number of amides is 1. The summed E-state index contributed by atoms with van der Waals surface area (Å²) in [5.41, 5.74) is 0. The van der Waals surface area contributed by atoms with Crippen LogP contribution in [0.25, 0.3) is 0 Å². The molecular formula is C14H22N2O3. The topological polar surface area (TPSA) is 79.2 Å². The van der Waals surface area contributed by atoms with E-state index in [1.165, 1.54) is 13.5 Å². The highest BCUT2D eigenvalue weighted by Gasteiger charge is 2.26. The van der Waals surface area contributed by atoms with Crippen molar-refractivity contribution >= 4 is 11.9 Å². The average molecular weight is 266 g/mol. The molecule has 106 valence electrons. The monoisotopic (exact) mass is 266 g/mol. The molecule has 19 heavy (non-hydrogen) atoms. The number of carbonyl (C=O) groups excluding carboxylic acids is 2. The van der Waals surface area contributed by atoms with Crippen molar-refractivity contribution in [3.05, 3.63) is 0 Å². The molecule has 1 N–H and O–H groups in total. The Hall–Kier alpha value is -1.57. The van der Waals surface area contributed by atoms with Crippen LogP contribution in [0.1, 0.15) is 51.4 Å². The van der Waals surface area contributed by atoms with Gasteiger partial charge in [-0.15, -0.1) is 0 Å². The fraction of sp³-hybridized carbons (Fsp3) is 0.786. The van der Waals surface area contributed by atoms with Crippen LogP contribution >= 0.6 is 0 Å². The fourth-order valence-corrected chi connectivity index (χ4v) is 2.43. The lowest BCUT2D eigenvalue weighted by Gasteiger charge is -2.23. The van der Waals surface area contributed by atoms with E-state index in [1.807, 2.05) is 6.07 Å². The molecule has 0 bridgehead atoms. The summed E-state index contributed by atoms with van der Waals surface area (Å²) in [6.07, 6.45) is 6.57. The zero-order chi connectivity index (χ0) is 14.1. The first-order valence-corrected chi connectivity index (χ1v) is 6.94. The van der Waals surface area contributed by atoms with Crippen LogP contribution in [0.2, 0.25) is 0 Å². The Morgan fingerprint density at radius 2 is 2.05 bits per heavy atom. The van der Waals surface area contributed by atoms with Crippen LogP contribution in [0.15, 0.2) is 0 Å². The molecule has 0 spiro atoms. The number of hydrogen-bond donors (Lipinski definition) is 1. The quantitative estimate of drug-likeness (QED) is 0.588. The van der Waals surface area contributed by atoms with E-state index >= 15 is 0 Å². The van der Waals surface area contributed by atoms with E-state index in [-0.39, 0.29) is 11.8 Å². The Kier molecular flexibility index (Phi) is 6.94. The predicted octanol–water partition coefficient (Wildman–Crippen LogP) is 1.92. The molecule has 0 radical (unpaired) electrons. The van der Waals surface area contributed by atoms with Crippen molar-refractivity contribution in [3.8, 4) is 6.07 Å². The smallest absolute Gasteiger partial charge is 0.328 e. The minimum Gasteiger partial charge on any atom is -0.467 e. The number of ether oxygens (including phenoxy) is 1. The highest BCUT2D eigenvalue weighted by Crippen LogP contribution is 2.23. The summed E-state index contributed by atoms with van der Waals surface area (Å²) in [6, 6.07) is 1.41. The highest BCUT2D eigenvalue weighted by atomic mass is 16.5. The van der Waals surface area contributed by atoms with E-state index in [4.69, 9.17) is 10.00 Å². The third kappa shape index (κ3) is 5.29. The van der Waals surface area contributed by atoms with Gasteiger partial charge in [-0.25, -0.2) is 4.79 Å². The van der Waals surface area contributed by atoms with Crippen molar-refractivity contribution in [2.24, 2.45) is 5.92 Å². The molecule has 0 unspecified atom stereocenters. The number of esters is 1. The standard InChI is InChI=1S/C14H22N2O3/c1-19-14(18)12(9-5-6-10-15)16-13(17)11-7-3-2-4-8-11/h11-12H,2-9H2,1H3,(H,16,17)/t12-/m0/s1. The van der Waals surface area contributed by atoms with Gasteiger partial charge in [-0.3, -0.25) is 4.79 Å². The zero-order valence-corrected chi connectivity index (χ0v) is 11.5. The van der Waals surface area contributed by atoms with E-state index in [0.29, 0.717) is 19.3 Å². The first kappa shape index (κ1) is 15.5. The molecule has 1 amide bonds. The van der Waals surface area contributed by atoms with Crippen molar-refractivity contribution in [2.75, 3.05) is 7.11 Å². The molecule has 5 heteroatoms. The Morgan fingerprint density at radius 1 is 1.37 bits per heavy atom. The van der Waals surface area contributed by atoms with E-state index in [2.05, 4.69) is 5.32 Å². The van der Waals surface area contributed by atoms with Crippen molar-refractivity contribution in [3.63, 3.8) is 0 Å². The molecule has 0 heterocycles. The van der Waals surface area contributed by atoms with Gasteiger partial charge in [0.1, 0.15) is 6.04 Å². The summed E-state index contributed by atoms with van der Waals surface area (Å²) in [4.78, 5) is 23.7. The lowest BCUT2D eigenvalue weighted by molar-refractivity contribution is -0.146. The van der Waals surface area contributed by atoms with Crippen molar-refractivity contribution < 1.29 is 14.3 Å². The second-order valence-corrected chi connectivity index (χ2v) is 4.97. The second kappa shape index (κ2) is 8.52. The maximum Gasteiger partial charge on any atom is 0.328 e. The first-order chi connectivity index (χ1) is 9.19. The summed E-state index contributed by atoms with van der Waals surface area (Å²) >= 11 is 0. The molecule has 0 aliphatic heterocycles. The summed E-state index contributed by atoms with van der Waals surface area (Å²) in [6.45, 7) is 0. The molecule has 1 atom stereocenters. The number of methoxy groups -OCH3 is 1. The molecule has 0 aromatic heterocycles. The number of nitrogens with zero attached hydrogens (tertiary/aromatic N) is 1. The van der Waals surface area contributed by atoms with Crippen LogP contribution in [0, 0.1) is 17.2 Å². The van der Waals surface area contributed by atoms with Gasteiger partial charge < -0.3 is 10.1 Å². The van der Waals surface area contributed by atoms with Crippen LogP contribution in [-0.2, 0) is 14.3 Å². The van der Waals surface area contributed by atoms with Crippen molar-refractivity contribution in [1.82, 2.24) is 5.32 Å². The minimum absolute atomic E-state index is 0.0249. The van der Waals surface area contributed by atoms with Gasteiger partial charge in [0.25, 0.3) is 0 Å². The van der Waals surface area contributed by atoms with E-state index in [9.17, 15) is 9.59 Å². The largest absolute Gasteiger partial charge is 0.467 e. The van der Waals surface area contributed by atoms with Crippen molar-refractivity contribution in [2.45, 2.75) is 57.4 Å². The average Bonchev–Trinajstić information content (AvgIpc) is 2.46. The van der Waals surface area contributed by atoms with Crippen LogP contribution in [0.5, 0.6) is 0 Å². The Bertz CT molecular complexity index is 343. The number of hydrogen-bond acceptors (Lipinski definition) is 4. The number of rotatable bonds is 6. The third-order valence-corrected chi connectivity index (χ3v) is 3.56. The molecule has 5 nitrogen and oxygen atoms in total. The molecule has 0 saturated heterocycles. The minimum atomic E-state index is -0.618. The van der Waals surface area contributed by atoms with Gasteiger partial charge in [-0.2, -0.15) is 5.26 Å². The molecule has 1 saturated carbocycles. The zero-order valence-electron chi connectivity index (χ0n) is 11.5. The predicted molar refractivity (Wildman–Crippen MR) is 70.0 cm³/mol. The molecule has 1 aliphatic rings. The number of unbranched alkanes of at least 4 members (excludes halogenated alkanes) is 1. The van der Waals surface area contributed by atoms with Gasteiger partial charge in [-0.1, -0.05) is 19.3 Å². The summed E-state index contributed by atoms with van der Waals surface area (Å²) in [7, 11) is 1.31. The molecular weight excluding hydrogens is 244 g/mol. The maximum absolute atomic E-state index is 12.1. The van der Waals surface area contributed by atoms with E-state index in [1.54, 1.807) is 0 Å². The fourth-order valence-electron chi connectivity index (χ4n) is 2.43. The van der Waals surface area contributed by atoms with Gasteiger partial charge in [0.2, 0.25) is 5.91 Å². The third-order valence-electron chi connectivity index (χ3n) is 3.56. The van der Waals surface area contributed by atoms with Crippen LogP contribution in [0.4, 0.5) is 0 Å². The Balaban J connectivity index is 2.48. The Morgan fingerprint density at radius 3 is 2.63 bits per heavy atom. The SMILES string of the molecule is COC(=O)[C@H](CCCC#N)NC(=O)C1CCCCC1. The van der Waals surface area contributed by atoms with Crippen molar-refractivity contribution in [1.29, 1.82) is 5.26 Å². The first-order valence-electron chi connectivity index (χ1n) is 6.94. The van der Waals surface area contributed by atoms with Crippen LogP contribution in [-0.4, -0.2) is 25.0 Å². The molecule has 0 aromatic rings. The molecule has 1 aliphatic carbocycles. The lowest BCUT2D eigenvalue weighted by Crippen LogP contribution is -2.44. The van der Waals surface area contributed by atoms with Gasteiger partial charge in [-0.05, 0) is 25.7 Å². The molecule has 0 aromatic carbocycles. The normalized spacial score (nSPS) is 17.3. The van der Waals surface area contributed by atoms with Crippen LogP contribution in [0.3, 0.4) is 0 Å². The number of nitrogens with one attached hydrogen (secondary N) is 1. The number of nitriles is 1. The Labute approximate surface area is 114 Å². The summed E-state index contributed by atoms with van der Waals surface area (Å²) in [5.74, 6) is -0.453. The van der Waals surface area contributed by atoms with Gasteiger partial charge in [0.05, 0.1) is 13.2 Å².